The van der Waals surface area contributed by atoms with E-state index in [1.165, 1.54) is 0 Å². The fourth-order valence-corrected chi connectivity index (χ4v) is 3.11. The highest BCUT2D eigenvalue weighted by molar-refractivity contribution is 5.84. The van der Waals surface area contributed by atoms with Crippen molar-refractivity contribution in [1.29, 1.82) is 0 Å². The molecular formula is C15H28N2O2. The Balaban J connectivity index is 1.98. The lowest BCUT2D eigenvalue weighted by atomic mass is 9.97. The Morgan fingerprint density at radius 1 is 1.37 bits per heavy atom. The van der Waals surface area contributed by atoms with Gasteiger partial charge in [-0.2, -0.15) is 0 Å². The minimum atomic E-state index is 0.0230. The van der Waals surface area contributed by atoms with Crippen molar-refractivity contribution < 1.29 is 9.53 Å². The van der Waals surface area contributed by atoms with Crippen LogP contribution in [0.1, 0.15) is 46.5 Å². The van der Waals surface area contributed by atoms with Gasteiger partial charge in [-0.25, -0.2) is 0 Å². The van der Waals surface area contributed by atoms with Gasteiger partial charge in [-0.05, 0) is 31.1 Å². The Labute approximate surface area is 116 Å². The minimum Gasteiger partial charge on any atom is -0.381 e. The van der Waals surface area contributed by atoms with Gasteiger partial charge in [0.05, 0.1) is 12.2 Å². The van der Waals surface area contributed by atoms with Crippen LogP contribution in [0, 0.1) is 11.8 Å². The molecule has 110 valence electrons. The summed E-state index contributed by atoms with van der Waals surface area (Å²) in [7, 11) is 0. The first-order chi connectivity index (χ1) is 9.17. The SMILES string of the molecule is CCC(C)C1NC(CC)N(CC2CCOCC2)C1=O. The molecule has 0 radical (unpaired) electrons. The molecular weight excluding hydrogens is 240 g/mol. The smallest absolute Gasteiger partial charge is 0.241 e. The standard InChI is InChI=1S/C15H28N2O2/c1-4-11(3)14-15(18)17(13(5-2)16-14)10-12-6-8-19-9-7-12/h11-14,16H,4-10H2,1-3H3. The average molecular weight is 268 g/mol. The predicted molar refractivity (Wildman–Crippen MR) is 75.7 cm³/mol. The number of hydrogen-bond acceptors (Lipinski definition) is 3. The molecule has 2 aliphatic rings. The van der Waals surface area contributed by atoms with Crippen LogP contribution in [0.15, 0.2) is 0 Å². The molecule has 3 atom stereocenters. The van der Waals surface area contributed by atoms with Crippen LogP contribution >= 0.6 is 0 Å². The Morgan fingerprint density at radius 2 is 2.05 bits per heavy atom. The van der Waals surface area contributed by atoms with E-state index in [0.717, 1.165) is 45.4 Å². The summed E-state index contributed by atoms with van der Waals surface area (Å²) in [5.74, 6) is 1.35. The first-order valence-corrected chi connectivity index (χ1v) is 7.81. The van der Waals surface area contributed by atoms with Gasteiger partial charge in [0.15, 0.2) is 0 Å². The molecule has 1 amide bonds. The lowest BCUT2D eigenvalue weighted by Crippen LogP contribution is -2.41. The van der Waals surface area contributed by atoms with Crippen molar-refractivity contribution in [3.63, 3.8) is 0 Å². The van der Waals surface area contributed by atoms with Crippen LogP contribution in [0.5, 0.6) is 0 Å². The van der Waals surface area contributed by atoms with Crippen LogP contribution in [0.2, 0.25) is 0 Å². The summed E-state index contributed by atoms with van der Waals surface area (Å²) in [5, 5.41) is 3.53. The van der Waals surface area contributed by atoms with Gasteiger partial charge in [-0.1, -0.05) is 27.2 Å². The summed E-state index contributed by atoms with van der Waals surface area (Å²) in [5.41, 5.74) is 0. The average Bonchev–Trinajstić information content (AvgIpc) is 2.76. The van der Waals surface area contributed by atoms with Crippen LogP contribution < -0.4 is 5.32 Å². The predicted octanol–water partition coefficient (Wildman–Crippen LogP) is 2.00. The van der Waals surface area contributed by atoms with Crippen LogP contribution in [-0.4, -0.2) is 42.8 Å². The van der Waals surface area contributed by atoms with Crippen LogP contribution in [0.25, 0.3) is 0 Å². The molecule has 2 aliphatic heterocycles. The Morgan fingerprint density at radius 3 is 2.63 bits per heavy atom. The molecule has 1 N–H and O–H groups in total. The fourth-order valence-electron chi connectivity index (χ4n) is 3.11. The van der Waals surface area contributed by atoms with Gasteiger partial charge in [0.2, 0.25) is 5.91 Å². The summed E-state index contributed by atoms with van der Waals surface area (Å²) >= 11 is 0. The monoisotopic (exact) mass is 268 g/mol. The first kappa shape index (κ1) is 14.8. The van der Waals surface area contributed by atoms with Crippen molar-refractivity contribution in [3.05, 3.63) is 0 Å². The van der Waals surface area contributed by atoms with E-state index in [9.17, 15) is 4.79 Å². The zero-order valence-corrected chi connectivity index (χ0v) is 12.5. The van der Waals surface area contributed by atoms with E-state index in [4.69, 9.17) is 4.74 Å². The highest BCUT2D eigenvalue weighted by atomic mass is 16.5. The fraction of sp³-hybridized carbons (Fsp3) is 0.933. The lowest BCUT2D eigenvalue weighted by molar-refractivity contribution is -0.132. The van der Waals surface area contributed by atoms with Gasteiger partial charge in [0.1, 0.15) is 0 Å². The molecule has 4 heteroatoms. The molecule has 2 heterocycles. The maximum Gasteiger partial charge on any atom is 0.241 e. The summed E-state index contributed by atoms with van der Waals surface area (Å²) in [6.45, 7) is 9.08. The normalized spacial score (nSPS) is 30.9. The van der Waals surface area contributed by atoms with Crippen LogP contribution in [0.4, 0.5) is 0 Å². The molecule has 0 saturated carbocycles. The number of ether oxygens (including phenoxy) is 1. The third kappa shape index (κ3) is 3.29. The second-order valence-electron chi connectivity index (χ2n) is 6.00. The molecule has 2 rings (SSSR count). The summed E-state index contributed by atoms with van der Waals surface area (Å²) in [6, 6.07) is 0.0230. The number of carbonyl (C=O) groups is 1. The third-order valence-corrected chi connectivity index (χ3v) is 4.69. The van der Waals surface area contributed by atoms with Crippen molar-refractivity contribution in [1.82, 2.24) is 10.2 Å². The van der Waals surface area contributed by atoms with Crippen LogP contribution in [-0.2, 0) is 9.53 Å². The van der Waals surface area contributed by atoms with Crippen molar-refractivity contribution in [2.45, 2.75) is 58.7 Å². The van der Waals surface area contributed by atoms with Gasteiger partial charge < -0.3 is 9.64 Å². The van der Waals surface area contributed by atoms with Gasteiger partial charge in [-0.15, -0.1) is 0 Å². The van der Waals surface area contributed by atoms with Crippen molar-refractivity contribution in [2.24, 2.45) is 11.8 Å². The Kier molecular flexibility index (Phi) is 5.22. The minimum absolute atomic E-state index is 0.0230. The topological polar surface area (TPSA) is 41.6 Å². The quantitative estimate of drug-likeness (QED) is 0.829. The number of rotatable bonds is 5. The first-order valence-electron chi connectivity index (χ1n) is 7.81. The highest BCUT2D eigenvalue weighted by Gasteiger charge is 2.40. The molecule has 4 nitrogen and oxygen atoms in total. The molecule has 0 aliphatic carbocycles. The number of carbonyl (C=O) groups excluding carboxylic acids is 1. The van der Waals surface area contributed by atoms with E-state index < -0.39 is 0 Å². The van der Waals surface area contributed by atoms with E-state index in [1.54, 1.807) is 0 Å². The van der Waals surface area contributed by atoms with Gasteiger partial charge in [0, 0.05) is 19.8 Å². The van der Waals surface area contributed by atoms with E-state index in [-0.39, 0.29) is 12.2 Å². The number of nitrogens with one attached hydrogen (secondary N) is 1. The maximum absolute atomic E-state index is 12.6. The molecule has 0 aromatic rings. The summed E-state index contributed by atoms with van der Waals surface area (Å²) in [4.78, 5) is 14.7. The number of nitrogens with zero attached hydrogens (tertiary/aromatic N) is 1. The van der Waals surface area contributed by atoms with E-state index in [1.807, 2.05) is 0 Å². The summed E-state index contributed by atoms with van der Waals surface area (Å²) < 4.78 is 5.40. The largest absolute Gasteiger partial charge is 0.381 e. The van der Waals surface area contributed by atoms with E-state index >= 15 is 0 Å². The van der Waals surface area contributed by atoms with Gasteiger partial charge >= 0.3 is 0 Å². The summed E-state index contributed by atoms with van der Waals surface area (Å²) in [6.07, 6.45) is 4.45. The molecule has 0 bridgehead atoms. The molecule has 0 spiro atoms. The van der Waals surface area contributed by atoms with E-state index in [0.29, 0.717) is 17.7 Å². The van der Waals surface area contributed by atoms with E-state index in [2.05, 4.69) is 31.0 Å². The Hall–Kier alpha value is -0.610. The molecule has 3 unspecified atom stereocenters. The van der Waals surface area contributed by atoms with Crippen molar-refractivity contribution in [2.75, 3.05) is 19.8 Å². The number of hydrogen-bond donors (Lipinski definition) is 1. The second-order valence-corrected chi connectivity index (χ2v) is 6.00. The zero-order chi connectivity index (χ0) is 13.8. The second kappa shape index (κ2) is 6.71. The van der Waals surface area contributed by atoms with Crippen molar-refractivity contribution >= 4 is 5.91 Å². The molecule has 0 aromatic heterocycles. The van der Waals surface area contributed by atoms with Gasteiger partial charge in [-0.3, -0.25) is 10.1 Å². The van der Waals surface area contributed by atoms with Crippen molar-refractivity contribution in [3.8, 4) is 0 Å². The maximum atomic E-state index is 12.6. The lowest BCUT2D eigenvalue weighted by Gasteiger charge is -2.30. The third-order valence-electron chi connectivity index (χ3n) is 4.69. The van der Waals surface area contributed by atoms with Crippen LogP contribution in [0.3, 0.4) is 0 Å². The van der Waals surface area contributed by atoms with Gasteiger partial charge in [0.25, 0.3) is 0 Å². The highest BCUT2D eigenvalue weighted by Crippen LogP contribution is 2.24. The zero-order valence-electron chi connectivity index (χ0n) is 12.5. The molecule has 0 aromatic carbocycles. The number of amides is 1. The Bertz CT molecular complexity index is 303. The molecule has 2 saturated heterocycles. The molecule has 19 heavy (non-hydrogen) atoms. The molecule has 2 fully saturated rings.